The molecule has 1 unspecified atom stereocenters. The van der Waals surface area contributed by atoms with Gasteiger partial charge in [-0.25, -0.2) is 13.1 Å². The molecule has 7 heteroatoms. The average molecular weight is 236 g/mol. The van der Waals surface area contributed by atoms with Crippen LogP contribution in [0.2, 0.25) is 0 Å². The summed E-state index contributed by atoms with van der Waals surface area (Å²) in [5, 5.41) is 8.87. The highest BCUT2D eigenvalue weighted by Gasteiger charge is 2.28. The Kier molecular flexibility index (Phi) is 4.06. The predicted octanol–water partition coefficient (Wildman–Crippen LogP) is -1.62. The van der Waals surface area contributed by atoms with E-state index in [9.17, 15) is 13.2 Å². The van der Waals surface area contributed by atoms with E-state index in [1.165, 1.54) is 0 Å². The highest BCUT2D eigenvalue weighted by atomic mass is 32.2. The number of nitrogens with one attached hydrogen (secondary N) is 1. The third-order valence-corrected chi connectivity index (χ3v) is 3.03. The first-order chi connectivity index (χ1) is 6.92. The molecule has 0 aromatic rings. The Balaban J connectivity index is 2.31. The number of rotatable bonds is 5. The first kappa shape index (κ1) is 12.4. The molecule has 88 valence electrons. The predicted molar refractivity (Wildman–Crippen MR) is 54.6 cm³/mol. The number of carbonyl (C=O) groups is 1. The molecule has 1 amide bonds. The summed E-state index contributed by atoms with van der Waals surface area (Å²) in [6.45, 7) is 1.10. The average Bonchev–Trinajstić information content (AvgIpc) is 2.45. The topological polar surface area (TPSA) is 86.7 Å². The standard InChI is InChI=1S/C8H16N2O4S/c1-15(13,14)9-2-3-10-5-7(6-11)4-8(10)12/h7,9,11H,2-6H2,1H3. The zero-order valence-electron chi connectivity index (χ0n) is 8.64. The molecule has 1 saturated heterocycles. The van der Waals surface area contributed by atoms with Crippen LogP contribution in [-0.4, -0.2) is 56.8 Å². The van der Waals surface area contributed by atoms with Gasteiger partial charge in [0.1, 0.15) is 0 Å². The second kappa shape index (κ2) is 4.91. The van der Waals surface area contributed by atoms with Crippen molar-refractivity contribution in [1.29, 1.82) is 0 Å². The number of aliphatic hydroxyl groups is 1. The summed E-state index contributed by atoms with van der Waals surface area (Å²) < 4.78 is 23.8. The maximum atomic E-state index is 11.3. The van der Waals surface area contributed by atoms with Crippen molar-refractivity contribution < 1.29 is 18.3 Å². The van der Waals surface area contributed by atoms with Gasteiger partial charge in [-0.3, -0.25) is 4.79 Å². The van der Waals surface area contributed by atoms with E-state index in [2.05, 4.69) is 4.72 Å². The molecule has 2 N–H and O–H groups in total. The largest absolute Gasteiger partial charge is 0.396 e. The van der Waals surface area contributed by atoms with Gasteiger partial charge in [0.05, 0.1) is 6.26 Å². The lowest BCUT2D eigenvalue weighted by Gasteiger charge is -2.15. The maximum absolute atomic E-state index is 11.3. The molecular weight excluding hydrogens is 220 g/mol. The molecule has 0 bridgehead atoms. The summed E-state index contributed by atoms with van der Waals surface area (Å²) in [6.07, 6.45) is 1.44. The van der Waals surface area contributed by atoms with Crippen LogP contribution >= 0.6 is 0 Å². The van der Waals surface area contributed by atoms with E-state index in [1.54, 1.807) is 4.90 Å². The van der Waals surface area contributed by atoms with E-state index < -0.39 is 10.0 Å². The van der Waals surface area contributed by atoms with E-state index in [0.29, 0.717) is 19.5 Å². The number of carbonyl (C=O) groups excluding carboxylic acids is 1. The molecule has 1 rings (SSSR count). The van der Waals surface area contributed by atoms with Gasteiger partial charge in [-0.1, -0.05) is 0 Å². The summed E-state index contributed by atoms with van der Waals surface area (Å²) >= 11 is 0. The fraction of sp³-hybridized carbons (Fsp3) is 0.875. The zero-order valence-corrected chi connectivity index (χ0v) is 9.46. The highest BCUT2D eigenvalue weighted by molar-refractivity contribution is 7.88. The van der Waals surface area contributed by atoms with Crippen LogP contribution in [0.3, 0.4) is 0 Å². The number of hydrogen-bond donors (Lipinski definition) is 2. The van der Waals surface area contributed by atoms with E-state index in [4.69, 9.17) is 5.11 Å². The number of likely N-dealkylation sites (tertiary alicyclic amines) is 1. The summed E-state index contributed by atoms with van der Waals surface area (Å²) in [5.74, 6) is -0.0277. The molecule has 1 aliphatic heterocycles. The summed E-state index contributed by atoms with van der Waals surface area (Å²) in [5.41, 5.74) is 0. The molecule has 0 aliphatic carbocycles. The van der Waals surface area contributed by atoms with Gasteiger partial charge in [0.15, 0.2) is 0 Å². The van der Waals surface area contributed by atoms with Gasteiger partial charge in [0, 0.05) is 38.6 Å². The number of sulfonamides is 1. The maximum Gasteiger partial charge on any atom is 0.223 e. The van der Waals surface area contributed by atoms with Crippen LogP contribution in [0.5, 0.6) is 0 Å². The summed E-state index contributed by atoms with van der Waals surface area (Å²) in [4.78, 5) is 12.9. The number of nitrogens with zero attached hydrogens (tertiary/aromatic N) is 1. The minimum absolute atomic E-state index is 0.00173. The lowest BCUT2D eigenvalue weighted by Crippen LogP contribution is -2.35. The third-order valence-electron chi connectivity index (χ3n) is 2.30. The van der Waals surface area contributed by atoms with Crippen molar-refractivity contribution in [3.63, 3.8) is 0 Å². The van der Waals surface area contributed by atoms with E-state index in [-0.39, 0.29) is 25.0 Å². The fourth-order valence-electron chi connectivity index (χ4n) is 1.56. The molecule has 15 heavy (non-hydrogen) atoms. The molecule has 1 fully saturated rings. The second-order valence-electron chi connectivity index (χ2n) is 3.76. The van der Waals surface area contributed by atoms with Crippen LogP contribution < -0.4 is 4.72 Å². The highest BCUT2D eigenvalue weighted by Crippen LogP contribution is 2.15. The van der Waals surface area contributed by atoms with Crippen LogP contribution in [0.1, 0.15) is 6.42 Å². The minimum Gasteiger partial charge on any atom is -0.396 e. The molecule has 1 heterocycles. The van der Waals surface area contributed by atoms with Crippen molar-refractivity contribution in [2.45, 2.75) is 6.42 Å². The number of aliphatic hydroxyl groups excluding tert-OH is 1. The van der Waals surface area contributed by atoms with Crippen LogP contribution in [0.15, 0.2) is 0 Å². The molecule has 6 nitrogen and oxygen atoms in total. The minimum atomic E-state index is -3.19. The third kappa shape index (κ3) is 4.15. The Morgan fingerprint density at radius 3 is 2.73 bits per heavy atom. The molecule has 1 aliphatic rings. The molecule has 1 atom stereocenters. The first-order valence-electron chi connectivity index (χ1n) is 4.75. The molecule has 0 aromatic carbocycles. The Bertz CT molecular complexity index is 328. The molecule has 0 aromatic heterocycles. The molecular formula is C8H16N2O4S. The van der Waals surface area contributed by atoms with Crippen LogP contribution in [0, 0.1) is 5.92 Å². The number of hydrogen-bond acceptors (Lipinski definition) is 4. The second-order valence-corrected chi connectivity index (χ2v) is 5.59. The fourth-order valence-corrected chi connectivity index (χ4v) is 2.02. The lowest BCUT2D eigenvalue weighted by atomic mass is 10.1. The van der Waals surface area contributed by atoms with Crippen molar-refractivity contribution >= 4 is 15.9 Å². The molecule has 0 saturated carbocycles. The van der Waals surface area contributed by atoms with Crippen molar-refractivity contribution in [3.8, 4) is 0 Å². The monoisotopic (exact) mass is 236 g/mol. The van der Waals surface area contributed by atoms with Crippen LogP contribution in [-0.2, 0) is 14.8 Å². The SMILES string of the molecule is CS(=O)(=O)NCCN1CC(CO)CC1=O. The van der Waals surface area contributed by atoms with Crippen molar-refractivity contribution in [2.24, 2.45) is 5.92 Å². The summed E-state index contributed by atoms with van der Waals surface area (Å²) in [7, 11) is -3.19. The van der Waals surface area contributed by atoms with Crippen molar-refractivity contribution in [1.82, 2.24) is 9.62 Å². The van der Waals surface area contributed by atoms with Crippen molar-refractivity contribution in [2.75, 3.05) is 32.5 Å². The smallest absolute Gasteiger partial charge is 0.223 e. The Labute approximate surface area is 89.3 Å². The van der Waals surface area contributed by atoms with E-state index in [0.717, 1.165) is 6.26 Å². The normalized spacial score (nSPS) is 22.4. The van der Waals surface area contributed by atoms with Gasteiger partial charge >= 0.3 is 0 Å². The Morgan fingerprint density at radius 1 is 1.60 bits per heavy atom. The van der Waals surface area contributed by atoms with Gasteiger partial charge < -0.3 is 10.0 Å². The van der Waals surface area contributed by atoms with Crippen LogP contribution in [0.25, 0.3) is 0 Å². The summed E-state index contributed by atoms with van der Waals surface area (Å²) in [6, 6.07) is 0. The van der Waals surface area contributed by atoms with E-state index >= 15 is 0 Å². The molecule has 0 spiro atoms. The Hall–Kier alpha value is -0.660. The lowest BCUT2D eigenvalue weighted by molar-refractivity contribution is -0.127. The van der Waals surface area contributed by atoms with Gasteiger partial charge in [-0.05, 0) is 0 Å². The van der Waals surface area contributed by atoms with Gasteiger partial charge in [0.2, 0.25) is 15.9 Å². The van der Waals surface area contributed by atoms with E-state index in [1.807, 2.05) is 0 Å². The van der Waals surface area contributed by atoms with Gasteiger partial charge in [0.25, 0.3) is 0 Å². The van der Waals surface area contributed by atoms with Gasteiger partial charge in [-0.15, -0.1) is 0 Å². The van der Waals surface area contributed by atoms with Gasteiger partial charge in [-0.2, -0.15) is 0 Å². The first-order valence-corrected chi connectivity index (χ1v) is 6.65. The Morgan fingerprint density at radius 2 is 2.27 bits per heavy atom. The quantitative estimate of drug-likeness (QED) is 0.600. The molecule has 0 radical (unpaired) electrons. The zero-order chi connectivity index (χ0) is 11.5. The van der Waals surface area contributed by atoms with Crippen LogP contribution in [0.4, 0.5) is 0 Å². The number of amides is 1. The van der Waals surface area contributed by atoms with Crippen molar-refractivity contribution in [3.05, 3.63) is 0 Å².